The van der Waals surface area contributed by atoms with E-state index in [9.17, 15) is 0 Å². The van der Waals surface area contributed by atoms with Crippen LogP contribution in [0.1, 0.15) is 45.0 Å². The smallest absolute Gasteiger partial charge is 0.123 e. The van der Waals surface area contributed by atoms with Crippen LogP contribution in [0.4, 0.5) is 0 Å². The topological polar surface area (TPSA) is 24.3 Å². The van der Waals surface area contributed by atoms with Crippen LogP contribution in [-0.2, 0) is 6.54 Å². The molecule has 4 nitrogen and oxygen atoms in total. The van der Waals surface area contributed by atoms with Gasteiger partial charge in [-0.1, -0.05) is 6.42 Å². The average molecular weight is 262 g/mol. The largest absolute Gasteiger partial charge is 0.331 e. The summed E-state index contributed by atoms with van der Waals surface area (Å²) >= 11 is 0. The summed E-state index contributed by atoms with van der Waals surface area (Å²) < 4.78 is 2.30. The van der Waals surface area contributed by atoms with E-state index >= 15 is 0 Å². The van der Waals surface area contributed by atoms with E-state index in [1.54, 1.807) is 0 Å². The molecule has 19 heavy (non-hydrogen) atoms. The first-order chi connectivity index (χ1) is 9.24. The molecular weight excluding hydrogens is 236 g/mol. The van der Waals surface area contributed by atoms with E-state index < -0.39 is 0 Å². The second-order valence-corrected chi connectivity index (χ2v) is 6.27. The molecule has 0 amide bonds. The third-order valence-electron chi connectivity index (χ3n) is 4.59. The lowest BCUT2D eigenvalue weighted by Gasteiger charge is -2.44. The predicted molar refractivity (Wildman–Crippen MR) is 77.1 cm³/mol. The number of hydrogen-bond donors (Lipinski definition) is 0. The summed E-state index contributed by atoms with van der Waals surface area (Å²) in [4.78, 5) is 9.82. The van der Waals surface area contributed by atoms with Crippen molar-refractivity contribution in [3.8, 4) is 0 Å². The van der Waals surface area contributed by atoms with Crippen LogP contribution in [-0.4, -0.2) is 51.6 Å². The second kappa shape index (κ2) is 5.63. The molecule has 106 valence electrons. The van der Waals surface area contributed by atoms with Gasteiger partial charge in [-0.25, -0.2) is 4.98 Å². The standard InChI is InChI=1S/C15H26N4/c1-13(2)19-8-6-16-15(19)12-17-9-10-18-7-4-3-5-14(18)11-17/h6,8,13-14H,3-5,7,9-12H2,1-2H3. The Bertz CT molecular complexity index is 412. The molecule has 1 aromatic rings. The summed E-state index contributed by atoms with van der Waals surface area (Å²) in [5, 5.41) is 0. The summed E-state index contributed by atoms with van der Waals surface area (Å²) in [7, 11) is 0. The van der Waals surface area contributed by atoms with Crippen molar-refractivity contribution in [1.29, 1.82) is 0 Å². The van der Waals surface area contributed by atoms with Crippen molar-refractivity contribution in [2.24, 2.45) is 0 Å². The maximum Gasteiger partial charge on any atom is 0.123 e. The fraction of sp³-hybridized carbons (Fsp3) is 0.800. The molecule has 0 aliphatic carbocycles. The fourth-order valence-corrected chi connectivity index (χ4v) is 3.50. The maximum absolute atomic E-state index is 4.54. The molecule has 0 radical (unpaired) electrons. The van der Waals surface area contributed by atoms with E-state index in [-0.39, 0.29) is 0 Å². The highest BCUT2D eigenvalue weighted by atomic mass is 15.3. The zero-order valence-corrected chi connectivity index (χ0v) is 12.3. The van der Waals surface area contributed by atoms with Crippen molar-refractivity contribution < 1.29 is 0 Å². The lowest BCUT2D eigenvalue weighted by Crippen LogP contribution is -2.54. The lowest BCUT2D eigenvalue weighted by atomic mass is 9.99. The Morgan fingerprint density at radius 1 is 1.26 bits per heavy atom. The Balaban J connectivity index is 1.62. The lowest BCUT2D eigenvalue weighted by molar-refractivity contribution is 0.0438. The molecule has 4 heteroatoms. The number of aromatic nitrogens is 2. The van der Waals surface area contributed by atoms with Crippen LogP contribution in [0.2, 0.25) is 0 Å². The number of nitrogens with zero attached hydrogens (tertiary/aromatic N) is 4. The summed E-state index contributed by atoms with van der Waals surface area (Å²) in [5.74, 6) is 1.22. The quantitative estimate of drug-likeness (QED) is 0.834. The van der Waals surface area contributed by atoms with Gasteiger partial charge >= 0.3 is 0 Å². The monoisotopic (exact) mass is 262 g/mol. The molecule has 0 spiro atoms. The van der Waals surface area contributed by atoms with Crippen molar-refractivity contribution in [1.82, 2.24) is 19.4 Å². The van der Waals surface area contributed by atoms with Gasteiger partial charge in [0.15, 0.2) is 0 Å². The van der Waals surface area contributed by atoms with Gasteiger partial charge in [-0.2, -0.15) is 0 Å². The van der Waals surface area contributed by atoms with Crippen molar-refractivity contribution in [3.05, 3.63) is 18.2 Å². The summed E-state index contributed by atoms with van der Waals surface area (Å²) in [5.41, 5.74) is 0. The van der Waals surface area contributed by atoms with Gasteiger partial charge in [0.25, 0.3) is 0 Å². The SMILES string of the molecule is CC(C)n1ccnc1CN1CCN2CCCCC2C1. The van der Waals surface area contributed by atoms with Gasteiger partial charge in [0.1, 0.15) is 5.82 Å². The maximum atomic E-state index is 4.54. The van der Waals surface area contributed by atoms with Crippen molar-refractivity contribution in [3.63, 3.8) is 0 Å². The van der Waals surface area contributed by atoms with Crippen LogP contribution in [0.25, 0.3) is 0 Å². The van der Waals surface area contributed by atoms with E-state index in [4.69, 9.17) is 0 Å². The van der Waals surface area contributed by atoms with E-state index in [1.165, 1.54) is 51.3 Å². The third kappa shape index (κ3) is 2.84. The molecule has 0 bridgehead atoms. The molecule has 3 heterocycles. The van der Waals surface area contributed by atoms with Gasteiger partial charge in [0.2, 0.25) is 0 Å². The number of rotatable bonds is 3. The van der Waals surface area contributed by atoms with Gasteiger partial charge in [-0.3, -0.25) is 9.80 Å². The van der Waals surface area contributed by atoms with Crippen LogP contribution < -0.4 is 0 Å². The Kier molecular flexibility index (Phi) is 3.89. The highest BCUT2D eigenvalue weighted by molar-refractivity contribution is 4.96. The minimum atomic E-state index is 0.508. The molecule has 1 atom stereocenters. The molecule has 2 aliphatic heterocycles. The Morgan fingerprint density at radius 3 is 3.00 bits per heavy atom. The Hall–Kier alpha value is -0.870. The van der Waals surface area contributed by atoms with Crippen LogP contribution in [0.3, 0.4) is 0 Å². The van der Waals surface area contributed by atoms with Gasteiger partial charge in [0.05, 0.1) is 6.54 Å². The normalized spacial score (nSPS) is 25.7. The number of hydrogen-bond acceptors (Lipinski definition) is 3. The molecule has 2 fully saturated rings. The van der Waals surface area contributed by atoms with Gasteiger partial charge in [-0.15, -0.1) is 0 Å². The summed E-state index contributed by atoms with van der Waals surface area (Å²) in [6.07, 6.45) is 8.24. The summed E-state index contributed by atoms with van der Waals surface area (Å²) in [6.45, 7) is 10.4. The Labute approximate surface area is 116 Å². The third-order valence-corrected chi connectivity index (χ3v) is 4.59. The van der Waals surface area contributed by atoms with E-state index in [1.807, 2.05) is 6.20 Å². The average Bonchev–Trinajstić information content (AvgIpc) is 2.87. The molecule has 1 unspecified atom stereocenters. The number of piperidine rings is 1. The Morgan fingerprint density at radius 2 is 2.16 bits per heavy atom. The molecule has 0 aromatic carbocycles. The molecule has 2 aliphatic rings. The van der Waals surface area contributed by atoms with Crippen molar-refractivity contribution in [2.75, 3.05) is 26.2 Å². The molecule has 0 N–H and O–H groups in total. The van der Waals surface area contributed by atoms with E-state index in [0.29, 0.717) is 6.04 Å². The van der Waals surface area contributed by atoms with Gasteiger partial charge < -0.3 is 4.57 Å². The molecule has 0 saturated carbocycles. The molecular formula is C15H26N4. The zero-order chi connectivity index (χ0) is 13.2. The zero-order valence-electron chi connectivity index (χ0n) is 12.3. The highest BCUT2D eigenvalue weighted by Gasteiger charge is 2.29. The number of piperazine rings is 1. The van der Waals surface area contributed by atoms with Crippen LogP contribution in [0, 0.1) is 0 Å². The first kappa shape index (κ1) is 13.1. The van der Waals surface area contributed by atoms with E-state index in [2.05, 4.69) is 39.4 Å². The molecule has 3 rings (SSSR count). The predicted octanol–water partition coefficient (Wildman–Crippen LogP) is 2.13. The van der Waals surface area contributed by atoms with Gasteiger partial charge in [-0.05, 0) is 33.2 Å². The summed E-state index contributed by atoms with van der Waals surface area (Å²) in [6, 6.07) is 1.30. The minimum absolute atomic E-state index is 0.508. The van der Waals surface area contributed by atoms with Crippen LogP contribution in [0.15, 0.2) is 12.4 Å². The fourth-order valence-electron chi connectivity index (χ4n) is 3.50. The number of fused-ring (bicyclic) bond motifs is 1. The molecule has 2 saturated heterocycles. The van der Waals surface area contributed by atoms with Crippen LogP contribution in [0.5, 0.6) is 0 Å². The van der Waals surface area contributed by atoms with Crippen molar-refractivity contribution in [2.45, 2.75) is 51.7 Å². The van der Waals surface area contributed by atoms with Crippen molar-refractivity contribution >= 4 is 0 Å². The highest BCUT2D eigenvalue weighted by Crippen LogP contribution is 2.22. The molecule has 1 aromatic heterocycles. The second-order valence-electron chi connectivity index (χ2n) is 6.27. The first-order valence-electron chi connectivity index (χ1n) is 7.72. The van der Waals surface area contributed by atoms with E-state index in [0.717, 1.165) is 12.6 Å². The number of imidazole rings is 1. The minimum Gasteiger partial charge on any atom is -0.331 e. The van der Waals surface area contributed by atoms with Gasteiger partial charge in [0, 0.05) is 44.1 Å². The van der Waals surface area contributed by atoms with Crippen LogP contribution >= 0.6 is 0 Å². The first-order valence-corrected chi connectivity index (χ1v) is 7.72.